The minimum Gasteiger partial charge on any atom is -0.377 e. The van der Waals surface area contributed by atoms with Crippen LogP contribution in [0.25, 0.3) is 0 Å². The maximum absolute atomic E-state index is 13.9. The molecule has 0 bridgehead atoms. The van der Waals surface area contributed by atoms with E-state index in [1.165, 1.54) is 6.07 Å². The molecule has 1 aromatic rings. The number of anilines is 1. The van der Waals surface area contributed by atoms with Gasteiger partial charge in [-0.1, -0.05) is 6.07 Å². The van der Waals surface area contributed by atoms with Crippen molar-refractivity contribution in [3.05, 3.63) is 29.6 Å². The normalized spacial score (nSPS) is 22.2. The maximum atomic E-state index is 13.9. The molecular weight excluding hydrogens is 273 g/mol. The van der Waals surface area contributed by atoms with Crippen molar-refractivity contribution < 1.29 is 13.9 Å². The zero-order valence-electron chi connectivity index (χ0n) is 11.8. The highest BCUT2D eigenvalue weighted by molar-refractivity contribution is 5.86. The lowest BCUT2D eigenvalue weighted by atomic mass is 10.1. The number of ether oxygens (including phenoxy) is 1. The first kappa shape index (κ1) is 14.3. The molecule has 1 aliphatic carbocycles. The van der Waals surface area contributed by atoms with Gasteiger partial charge in [0.15, 0.2) is 0 Å². The summed E-state index contributed by atoms with van der Waals surface area (Å²) in [6.45, 7) is 1.61. The van der Waals surface area contributed by atoms with Crippen LogP contribution in [-0.2, 0) is 16.1 Å². The van der Waals surface area contributed by atoms with Gasteiger partial charge in [0, 0.05) is 30.4 Å². The largest absolute Gasteiger partial charge is 0.377 e. The van der Waals surface area contributed by atoms with Crippen LogP contribution in [0.5, 0.6) is 0 Å². The van der Waals surface area contributed by atoms with E-state index in [0.717, 1.165) is 12.8 Å². The molecule has 5 nitrogen and oxygen atoms in total. The van der Waals surface area contributed by atoms with E-state index >= 15 is 0 Å². The molecule has 1 aromatic carbocycles. The molecule has 6 heteroatoms. The zero-order valence-corrected chi connectivity index (χ0v) is 11.8. The number of halogens is 1. The van der Waals surface area contributed by atoms with Crippen LogP contribution in [0.4, 0.5) is 10.1 Å². The summed E-state index contributed by atoms with van der Waals surface area (Å²) in [6.07, 6.45) is 2.08. The van der Waals surface area contributed by atoms with Crippen LogP contribution in [0.2, 0.25) is 0 Å². The Bertz CT molecular complexity index is 534. The Labute approximate surface area is 123 Å². The number of rotatable bonds is 4. The minimum atomic E-state index is -0.400. The predicted octanol–water partition coefficient (Wildman–Crippen LogP) is 0.768. The maximum Gasteiger partial charge on any atom is 0.245 e. The minimum absolute atomic E-state index is 0.0412. The van der Waals surface area contributed by atoms with Crippen LogP contribution in [0.1, 0.15) is 18.4 Å². The number of carbonyl (C=O) groups excluding carboxylic acids is 1. The first-order valence-corrected chi connectivity index (χ1v) is 7.32. The van der Waals surface area contributed by atoms with Gasteiger partial charge in [-0.2, -0.15) is 0 Å². The summed E-state index contributed by atoms with van der Waals surface area (Å²) in [6, 6.07) is 4.84. The molecule has 0 aromatic heterocycles. The number of morpholine rings is 1. The molecule has 2 aliphatic rings. The van der Waals surface area contributed by atoms with Gasteiger partial charge in [-0.3, -0.25) is 4.79 Å². The molecule has 1 heterocycles. The summed E-state index contributed by atoms with van der Waals surface area (Å²) in [5.41, 5.74) is 6.65. The van der Waals surface area contributed by atoms with Gasteiger partial charge in [0.25, 0.3) is 0 Å². The van der Waals surface area contributed by atoms with Gasteiger partial charge < -0.3 is 20.7 Å². The van der Waals surface area contributed by atoms with E-state index in [1.54, 1.807) is 6.07 Å². The van der Waals surface area contributed by atoms with Crippen molar-refractivity contribution in [2.24, 2.45) is 5.73 Å². The summed E-state index contributed by atoms with van der Waals surface area (Å²) in [4.78, 5) is 14.2. The van der Waals surface area contributed by atoms with Crippen LogP contribution in [0.15, 0.2) is 18.2 Å². The molecule has 0 radical (unpaired) electrons. The fourth-order valence-corrected chi connectivity index (χ4v) is 2.54. The standard InChI is InChI=1S/C15H20FN3O2/c16-13-7-12(4-1-10(13)8-17)19-5-6-21-9-14(19)15(20)18-11-2-3-11/h1,4,7,11,14H,2-3,5-6,8-9,17H2,(H,18,20). The molecule has 1 unspecified atom stereocenters. The fraction of sp³-hybridized carbons (Fsp3) is 0.533. The monoisotopic (exact) mass is 293 g/mol. The quantitative estimate of drug-likeness (QED) is 0.860. The predicted molar refractivity (Wildman–Crippen MR) is 77.4 cm³/mol. The Morgan fingerprint density at radius 1 is 1.48 bits per heavy atom. The van der Waals surface area contributed by atoms with Crippen molar-refractivity contribution in [1.29, 1.82) is 0 Å². The molecule has 1 amide bonds. The Kier molecular flexibility index (Phi) is 4.07. The average Bonchev–Trinajstić information content (AvgIpc) is 3.31. The van der Waals surface area contributed by atoms with Crippen LogP contribution in [-0.4, -0.2) is 37.7 Å². The van der Waals surface area contributed by atoms with Gasteiger partial charge in [0.1, 0.15) is 11.9 Å². The molecule has 21 heavy (non-hydrogen) atoms. The first-order valence-electron chi connectivity index (χ1n) is 7.32. The van der Waals surface area contributed by atoms with Crippen molar-refractivity contribution >= 4 is 11.6 Å². The number of benzene rings is 1. The van der Waals surface area contributed by atoms with E-state index in [-0.39, 0.29) is 18.3 Å². The Morgan fingerprint density at radius 2 is 2.29 bits per heavy atom. The lowest BCUT2D eigenvalue weighted by Gasteiger charge is -2.36. The van der Waals surface area contributed by atoms with E-state index < -0.39 is 6.04 Å². The highest BCUT2D eigenvalue weighted by atomic mass is 19.1. The van der Waals surface area contributed by atoms with E-state index in [2.05, 4.69) is 5.32 Å². The molecule has 3 N–H and O–H groups in total. The molecule has 3 rings (SSSR count). The van der Waals surface area contributed by atoms with Gasteiger partial charge in [-0.25, -0.2) is 4.39 Å². The second-order valence-corrected chi connectivity index (χ2v) is 5.55. The number of nitrogens with zero attached hydrogens (tertiary/aromatic N) is 1. The SMILES string of the molecule is NCc1ccc(N2CCOCC2C(=O)NC2CC2)cc1F. The number of nitrogens with one attached hydrogen (secondary N) is 1. The molecule has 0 spiro atoms. The lowest BCUT2D eigenvalue weighted by Crippen LogP contribution is -2.54. The third-order valence-electron chi connectivity index (χ3n) is 3.94. The Balaban J connectivity index is 1.79. The number of hydrogen-bond acceptors (Lipinski definition) is 4. The zero-order chi connectivity index (χ0) is 14.8. The lowest BCUT2D eigenvalue weighted by molar-refractivity contribution is -0.124. The number of amides is 1. The van der Waals surface area contributed by atoms with Crippen molar-refractivity contribution in [3.63, 3.8) is 0 Å². The highest BCUT2D eigenvalue weighted by Crippen LogP contribution is 2.24. The molecule has 114 valence electrons. The molecule has 1 saturated heterocycles. The third-order valence-corrected chi connectivity index (χ3v) is 3.94. The van der Waals surface area contributed by atoms with Gasteiger partial charge in [-0.15, -0.1) is 0 Å². The van der Waals surface area contributed by atoms with Crippen LogP contribution >= 0.6 is 0 Å². The van der Waals surface area contributed by atoms with E-state index in [1.807, 2.05) is 11.0 Å². The van der Waals surface area contributed by atoms with Crippen molar-refractivity contribution in [3.8, 4) is 0 Å². The number of nitrogens with two attached hydrogens (primary N) is 1. The molecule has 2 fully saturated rings. The molecule has 1 aliphatic heterocycles. The summed E-state index contributed by atoms with van der Waals surface area (Å²) in [7, 11) is 0. The second-order valence-electron chi connectivity index (χ2n) is 5.55. The van der Waals surface area contributed by atoms with Crippen molar-refractivity contribution in [2.45, 2.75) is 31.5 Å². The smallest absolute Gasteiger partial charge is 0.245 e. The number of hydrogen-bond donors (Lipinski definition) is 2. The van der Waals surface area contributed by atoms with Crippen LogP contribution in [0, 0.1) is 5.82 Å². The van der Waals surface area contributed by atoms with Crippen molar-refractivity contribution in [2.75, 3.05) is 24.7 Å². The van der Waals surface area contributed by atoms with Gasteiger partial charge in [0.2, 0.25) is 5.91 Å². The van der Waals surface area contributed by atoms with E-state index in [0.29, 0.717) is 37.1 Å². The van der Waals surface area contributed by atoms with E-state index in [4.69, 9.17) is 10.5 Å². The molecule has 1 saturated carbocycles. The van der Waals surface area contributed by atoms with Gasteiger partial charge in [-0.05, 0) is 25.0 Å². The summed E-state index contributed by atoms with van der Waals surface area (Å²) >= 11 is 0. The fourth-order valence-electron chi connectivity index (χ4n) is 2.54. The molecule has 1 atom stereocenters. The summed E-state index contributed by atoms with van der Waals surface area (Å²) in [5, 5.41) is 2.99. The van der Waals surface area contributed by atoms with Crippen LogP contribution < -0.4 is 16.0 Å². The van der Waals surface area contributed by atoms with Crippen LogP contribution in [0.3, 0.4) is 0 Å². The highest BCUT2D eigenvalue weighted by Gasteiger charge is 2.33. The second kappa shape index (κ2) is 5.99. The Hall–Kier alpha value is -1.66. The molecular formula is C15H20FN3O2. The Morgan fingerprint density at radius 3 is 2.95 bits per heavy atom. The summed E-state index contributed by atoms with van der Waals surface area (Å²) in [5.74, 6) is -0.372. The van der Waals surface area contributed by atoms with Gasteiger partial charge >= 0.3 is 0 Å². The topological polar surface area (TPSA) is 67.6 Å². The first-order chi connectivity index (χ1) is 10.2. The summed E-state index contributed by atoms with van der Waals surface area (Å²) < 4.78 is 19.3. The average molecular weight is 293 g/mol. The third kappa shape index (κ3) is 3.16. The van der Waals surface area contributed by atoms with Crippen molar-refractivity contribution in [1.82, 2.24) is 5.32 Å². The van der Waals surface area contributed by atoms with Gasteiger partial charge in [0.05, 0.1) is 13.2 Å². The number of carbonyl (C=O) groups is 1. The van der Waals surface area contributed by atoms with E-state index in [9.17, 15) is 9.18 Å².